The van der Waals surface area contributed by atoms with Crippen molar-refractivity contribution in [3.63, 3.8) is 0 Å². The van der Waals surface area contributed by atoms with Gasteiger partial charge in [-0.3, -0.25) is 0 Å². The van der Waals surface area contributed by atoms with Crippen LogP contribution in [0.5, 0.6) is 5.75 Å². The van der Waals surface area contributed by atoms with E-state index in [-0.39, 0.29) is 35.5 Å². The lowest BCUT2D eigenvalue weighted by Gasteiger charge is -2.40. The molecule has 3 fully saturated rings. The van der Waals surface area contributed by atoms with Crippen molar-refractivity contribution in [1.82, 2.24) is 40.7 Å². The number of piperidine rings is 1. The molecule has 0 radical (unpaired) electrons. The molecule has 3 aromatic rings. The van der Waals surface area contributed by atoms with Crippen LogP contribution in [0, 0.1) is 0 Å². The van der Waals surface area contributed by atoms with Gasteiger partial charge in [-0.15, -0.1) is 20.4 Å². The molecule has 10 nitrogen and oxygen atoms in total. The van der Waals surface area contributed by atoms with Crippen LogP contribution in [0.25, 0.3) is 22.8 Å². The van der Waals surface area contributed by atoms with Gasteiger partial charge in [-0.25, -0.2) is 9.37 Å². The summed E-state index contributed by atoms with van der Waals surface area (Å²) in [5.74, 6) is 0.691. The van der Waals surface area contributed by atoms with Crippen molar-refractivity contribution < 1.29 is 13.6 Å². The highest BCUT2D eigenvalue weighted by Gasteiger charge is 2.48. The van der Waals surface area contributed by atoms with E-state index in [0.29, 0.717) is 27.8 Å². The number of phenols is 1. The number of halogens is 1. The SMILES string of the molecule is [2H]C([2H])([2H])n1nnc(-c2ccc(-c3ncc(N(C4CC4)[C@@H]4C[C@@H]5CC[C@@H](N5)[C@@H]4F)nn3)c(O)c2)n1. The predicted molar refractivity (Wildman–Crippen MR) is 113 cm³/mol. The minimum Gasteiger partial charge on any atom is -0.507 e. The summed E-state index contributed by atoms with van der Waals surface area (Å²) in [5.41, 5.74) is 0.734. The molecule has 11 heteroatoms. The topological polar surface area (TPSA) is 118 Å². The van der Waals surface area contributed by atoms with Crippen LogP contribution in [0.15, 0.2) is 24.4 Å². The number of phenolic OH excluding ortho intramolecular Hbond substituents is 1. The third-order valence-electron chi connectivity index (χ3n) is 6.58. The summed E-state index contributed by atoms with van der Waals surface area (Å²) in [6, 6.07) is 4.83. The van der Waals surface area contributed by atoms with Crippen LogP contribution in [0.3, 0.4) is 0 Å². The fourth-order valence-electron chi connectivity index (χ4n) is 4.92. The highest BCUT2D eigenvalue weighted by Crippen LogP contribution is 2.40. The zero-order valence-corrected chi connectivity index (χ0v) is 17.1. The van der Waals surface area contributed by atoms with Crippen molar-refractivity contribution in [3.8, 4) is 28.5 Å². The first-order valence-corrected chi connectivity index (χ1v) is 10.8. The van der Waals surface area contributed by atoms with Crippen LogP contribution in [0.1, 0.15) is 36.2 Å². The van der Waals surface area contributed by atoms with Gasteiger partial charge >= 0.3 is 0 Å². The number of nitrogens with zero attached hydrogens (tertiary/aromatic N) is 8. The lowest BCUT2D eigenvalue weighted by atomic mass is 9.96. The molecule has 0 unspecified atom stereocenters. The second-order valence-electron chi connectivity index (χ2n) is 8.71. The van der Waals surface area contributed by atoms with Crippen LogP contribution in [-0.2, 0) is 6.98 Å². The average molecular weight is 441 g/mol. The van der Waals surface area contributed by atoms with E-state index in [1.54, 1.807) is 18.3 Å². The highest BCUT2D eigenvalue weighted by molar-refractivity contribution is 5.70. The Labute approximate surface area is 188 Å². The monoisotopic (exact) mass is 440 g/mol. The standard InChI is InChI=1S/C21H24FN9O/c1-30-28-20(27-29-30)11-2-6-14(17(32)8-11)21-23-10-18(25-26-21)31(13-4-5-13)16-9-12-3-7-15(24-12)19(16)22/h2,6,8,10,12-13,15-16,19,24,32H,3-5,7,9H2,1H3/t12-,15+,16+,19-/m0/s1/i1D3. The maximum atomic E-state index is 15.3. The maximum absolute atomic E-state index is 15.3. The number of tetrazole rings is 1. The van der Waals surface area contributed by atoms with Gasteiger partial charge in [0.15, 0.2) is 11.6 Å². The van der Waals surface area contributed by atoms with Crippen molar-refractivity contribution in [2.75, 3.05) is 4.90 Å². The molecule has 1 saturated carbocycles. The Hall–Kier alpha value is -3.21. The molecule has 1 aliphatic carbocycles. The molecule has 0 spiro atoms. The van der Waals surface area contributed by atoms with E-state index in [1.807, 2.05) is 0 Å². The van der Waals surface area contributed by atoms with E-state index in [1.165, 1.54) is 6.07 Å². The van der Waals surface area contributed by atoms with Gasteiger partial charge in [-0.2, -0.15) is 4.80 Å². The lowest BCUT2D eigenvalue weighted by molar-refractivity contribution is 0.171. The quantitative estimate of drug-likeness (QED) is 0.610. The highest BCUT2D eigenvalue weighted by atomic mass is 19.1. The summed E-state index contributed by atoms with van der Waals surface area (Å²) in [6.45, 7) is -2.54. The van der Waals surface area contributed by atoms with Gasteiger partial charge in [0, 0.05) is 27.8 Å². The van der Waals surface area contributed by atoms with E-state index in [2.05, 4.69) is 40.8 Å². The summed E-state index contributed by atoms with van der Waals surface area (Å²) in [5, 5.41) is 33.7. The molecule has 2 N–H and O–H groups in total. The number of anilines is 1. The van der Waals surface area contributed by atoms with E-state index in [0.717, 1.165) is 32.1 Å². The molecule has 166 valence electrons. The van der Waals surface area contributed by atoms with Gasteiger partial charge in [0.05, 0.1) is 24.8 Å². The summed E-state index contributed by atoms with van der Waals surface area (Å²) in [7, 11) is 0. The van der Waals surface area contributed by atoms with Crippen LogP contribution < -0.4 is 10.2 Å². The molecule has 4 heterocycles. The number of fused-ring (bicyclic) bond motifs is 2. The molecular weight excluding hydrogens is 413 g/mol. The van der Waals surface area contributed by atoms with Crippen molar-refractivity contribution in [3.05, 3.63) is 24.4 Å². The minimum absolute atomic E-state index is 0.0640. The zero-order valence-electron chi connectivity index (χ0n) is 20.1. The number of benzene rings is 1. The fraction of sp³-hybridized carbons (Fsp3) is 0.524. The Kier molecular flexibility index (Phi) is 3.82. The van der Waals surface area contributed by atoms with Gasteiger partial charge in [0.2, 0.25) is 5.82 Å². The lowest BCUT2D eigenvalue weighted by Crippen LogP contribution is -2.57. The first kappa shape index (κ1) is 16.4. The number of rotatable bonds is 5. The van der Waals surface area contributed by atoms with Crippen molar-refractivity contribution in [1.29, 1.82) is 0 Å². The Morgan fingerprint density at radius 2 is 2.09 bits per heavy atom. The number of hydrogen-bond acceptors (Lipinski definition) is 9. The Morgan fingerprint density at radius 1 is 1.19 bits per heavy atom. The molecule has 0 amide bonds. The fourth-order valence-corrected chi connectivity index (χ4v) is 4.92. The van der Waals surface area contributed by atoms with Crippen LogP contribution in [0.4, 0.5) is 10.2 Å². The second kappa shape index (κ2) is 7.44. The van der Waals surface area contributed by atoms with Gasteiger partial charge in [0.1, 0.15) is 11.9 Å². The zero-order chi connectivity index (χ0) is 24.3. The number of hydrogen-bond donors (Lipinski definition) is 2. The van der Waals surface area contributed by atoms with E-state index in [9.17, 15) is 5.11 Å². The van der Waals surface area contributed by atoms with Crippen molar-refractivity contribution in [2.45, 2.75) is 62.4 Å². The molecule has 2 aromatic heterocycles. The summed E-state index contributed by atoms with van der Waals surface area (Å²) in [4.78, 5) is 7.02. The van der Waals surface area contributed by atoms with Crippen LogP contribution in [-0.4, -0.2) is 70.8 Å². The normalized spacial score (nSPS) is 28.7. The maximum Gasteiger partial charge on any atom is 0.205 e. The van der Waals surface area contributed by atoms with Crippen LogP contribution in [0.2, 0.25) is 0 Å². The molecule has 2 aliphatic heterocycles. The molecule has 6 rings (SSSR count). The molecule has 32 heavy (non-hydrogen) atoms. The predicted octanol–water partition coefficient (Wildman–Crippen LogP) is 1.63. The van der Waals surface area contributed by atoms with Crippen molar-refractivity contribution >= 4 is 5.82 Å². The largest absolute Gasteiger partial charge is 0.507 e. The minimum atomic E-state index is -2.54. The summed E-state index contributed by atoms with van der Waals surface area (Å²) in [6.07, 6.45) is 5.22. The third-order valence-corrected chi connectivity index (χ3v) is 6.58. The van der Waals surface area contributed by atoms with E-state index >= 15 is 4.39 Å². The second-order valence-corrected chi connectivity index (χ2v) is 8.71. The third kappa shape index (κ3) is 3.36. The number of aromatic hydroxyl groups is 1. The van der Waals surface area contributed by atoms with E-state index < -0.39 is 13.1 Å². The van der Waals surface area contributed by atoms with Gasteiger partial charge < -0.3 is 15.3 Å². The first-order chi connectivity index (χ1) is 16.8. The molecule has 2 saturated heterocycles. The van der Waals surface area contributed by atoms with Crippen molar-refractivity contribution in [2.24, 2.45) is 6.98 Å². The van der Waals surface area contributed by atoms with Gasteiger partial charge in [-0.05, 0) is 49.5 Å². The summed E-state index contributed by atoms with van der Waals surface area (Å²) < 4.78 is 37.3. The molecule has 1 aromatic carbocycles. The molecule has 4 atom stereocenters. The number of aromatic nitrogens is 7. The number of alkyl halides is 1. The first-order valence-electron chi connectivity index (χ1n) is 12.3. The molecule has 2 bridgehead atoms. The van der Waals surface area contributed by atoms with E-state index in [4.69, 9.17) is 4.11 Å². The summed E-state index contributed by atoms with van der Waals surface area (Å²) >= 11 is 0. The Morgan fingerprint density at radius 3 is 2.81 bits per heavy atom. The number of nitrogens with one attached hydrogen (secondary N) is 1. The van der Waals surface area contributed by atoms with Crippen LogP contribution >= 0.6 is 0 Å². The molecule has 3 aliphatic rings. The van der Waals surface area contributed by atoms with Gasteiger partial charge in [-0.1, -0.05) is 6.07 Å². The molecular formula is C21H24FN9O. The Balaban J connectivity index is 1.24. The number of aryl methyl sites for hydroxylation is 1. The van der Waals surface area contributed by atoms with Gasteiger partial charge in [0.25, 0.3) is 0 Å². The average Bonchev–Trinajstić information content (AvgIpc) is 3.37. The Bertz CT molecular complexity index is 1230. The smallest absolute Gasteiger partial charge is 0.205 e.